The van der Waals surface area contributed by atoms with Crippen molar-refractivity contribution < 1.29 is 14.3 Å². The molecule has 1 fully saturated rings. The molecule has 0 spiro atoms. The molecule has 0 unspecified atom stereocenters. The summed E-state index contributed by atoms with van der Waals surface area (Å²) in [6.07, 6.45) is 1.61. The number of imide groups is 1. The number of hydrogen-bond acceptors (Lipinski definition) is 4. The minimum atomic E-state index is -0.410. The van der Waals surface area contributed by atoms with E-state index in [-0.39, 0.29) is 23.3 Å². The lowest BCUT2D eigenvalue weighted by atomic mass is 10.2. The lowest BCUT2D eigenvalue weighted by molar-refractivity contribution is -0.123. The summed E-state index contributed by atoms with van der Waals surface area (Å²) in [5, 5.41) is 1.43. The lowest BCUT2D eigenvalue weighted by Gasteiger charge is -2.14. The predicted molar refractivity (Wildman–Crippen MR) is 143 cm³/mol. The normalized spacial score (nSPS) is 14.9. The van der Waals surface area contributed by atoms with E-state index in [1.54, 1.807) is 42.5 Å². The van der Waals surface area contributed by atoms with Crippen molar-refractivity contribution >= 4 is 91.3 Å². The van der Waals surface area contributed by atoms with E-state index in [0.29, 0.717) is 41.4 Å². The van der Waals surface area contributed by atoms with Crippen molar-refractivity contribution in [3.05, 3.63) is 101 Å². The first-order valence-corrected chi connectivity index (χ1v) is 12.9. The number of benzene rings is 3. The zero-order valence-corrected chi connectivity index (χ0v) is 22.6. The molecule has 1 heterocycles. The molecule has 0 bridgehead atoms. The van der Waals surface area contributed by atoms with Gasteiger partial charge < -0.3 is 4.74 Å². The smallest absolute Gasteiger partial charge is 0.293 e. The van der Waals surface area contributed by atoms with Crippen LogP contribution < -0.4 is 4.74 Å². The summed E-state index contributed by atoms with van der Waals surface area (Å²) in [6, 6.07) is 15.7. The van der Waals surface area contributed by atoms with Crippen molar-refractivity contribution in [3.63, 3.8) is 0 Å². The molecule has 3 aromatic carbocycles. The van der Waals surface area contributed by atoms with Gasteiger partial charge in [-0.05, 0) is 75.2 Å². The molecule has 1 saturated heterocycles. The van der Waals surface area contributed by atoms with Crippen LogP contribution in [0.15, 0.2) is 64.0 Å². The molecule has 1 aliphatic heterocycles. The summed E-state index contributed by atoms with van der Waals surface area (Å²) in [4.78, 5) is 26.8. The molecule has 34 heavy (non-hydrogen) atoms. The number of hydrogen-bond donors (Lipinski definition) is 0. The summed E-state index contributed by atoms with van der Waals surface area (Å²) in [5.74, 6) is 0.0385. The Balaban J connectivity index is 1.51. The van der Waals surface area contributed by atoms with Crippen LogP contribution in [-0.2, 0) is 17.9 Å². The molecule has 174 valence electrons. The monoisotopic (exact) mass is 615 g/mol. The first-order chi connectivity index (χ1) is 16.2. The van der Waals surface area contributed by atoms with Gasteiger partial charge in [0, 0.05) is 20.6 Å². The van der Waals surface area contributed by atoms with Crippen LogP contribution in [-0.4, -0.2) is 16.0 Å². The Morgan fingerprint density at radius 2 is 1.68 bits per heavy atom. The third-order valence-corrected chi connectivity index (χ3v) is 7.60. The minimum absolute atomic E-state index is 0.0529. The Morgan fingerprint density at radius 1 is 0.912 bits per heavy atom. The Bertz CT molecular complexity index is 1310. The zero-order valence-electron chi connectivity index (χ0n) is 17.2. The van der Waals surface area contributed by atoms with Crippen LogP contribution in [0.25, 0.3) is 6.08 Å². The molecule has 0 atom stereocenters. The number of carbonyl (C=O) groups excluding carboxylic acids is 2. The number of carbonyl (C=O) groups is 2. The fraction of sp³-hybridized carbons (Fsp3) is 0.0833. The molecule has 10 heteroatoms. The minimum Gasteiger partial charge on any atom is -0.486 e. The van der Waals surface area contributed by atoms with Crippen LogP contribution in [0.4, 0.5) is 4.79 Å². The highest BCUT2D eigenvalue weighted by Gasteiger charge is 2.35. The predicted octanol–water partition coefficient (Wildman–Crippen LogP) is 8.88. The van der Waals surface area contributed by atoms with Crippen LogP contribution in [0.5, 0.6) is 5.75 Å². The fourth-order valence-electron chi connectivity index (χ4n) is 3.17. The van der Waals surface area contributed by atoms with E-state index in [0.717, 1.165) is 22.2 Å². The lowest BCUT2D eigenvalue weighted by Crippen LogP contribution is -2.27. The van der Waals surface area contributed by atoms with E-state index < -0.39 is 5.91 Å². The van der Waals surface area contributed by atoms with Gasteiger partial charge in [-0.15, -0.1) is 0 Å². The third-order valence-electron chi connectivity index (χ3n) is 4.87. The number of thioether (sulfide) groups is 1. The third kappa shape index (κ3) is 5.76. The van der Waals surface area contributed by atoms with Gasteiger partial charge in [0.05, 0.1) is 20.9 Å². The molecule has 0 saturated carbocycles. The van der Waals surface area contributed by atoms with E-state index in [1.165, 1.54) is 0 Å². The second-order valence-electron chi connectivity index (χ2n) is 7.20. The average molecular weight is 618 g/mol. The molecular formula is C24H14BrCl4NO3S. The first-order valence-electron chi connectivity index (χ1n) is 9.77. The van der Waals surface area contributed by atoms with Crippen LogP contribution in [0.1, 0.15) is 16.7 Å². The quantitative estimate of drug-likeness (QED) is 0.259. The summed E-state index contributed by atoms with van der Waals surface area (Å²) in [6.45, 7) is 0.292. The molecule has 2 amide bonds. The van der Waals surface area contributed by atoms with E-state index in [9.17, 15) is 9.59 Å². The van der Waals surface area contributed by atoms with Crippen molar-refractivity contribution in [2.45, 2.75) is 13.2 Å². The molecule has 4 nitrogen and oxygen atoms in total. The maximum atomic E-state index is 12.9. The van der Waals surface area contributed by atoms with Gasteiger partial charge in [-0.3, -0.25) is 14.5 Å². The SMILES string of the molecule is O=C1S/C(=C\c2cc(Cl)c(OCc3ccccc3Cl)c(Br)c2)C(=O)N1Cc1ccc(Cl)cc1Cl. The molecule has 0 N–H and O–H groups in total. The number of ether oxygens (including phenoxy) is 1. The summed E-state index contributed by atoms with van der Waals surface area (Å²) in [5.41, 5.74) is 2.09. The molecular weight excluding hydrogens is 604 g/mol. The van der Waals surface area contributed by atoms with Gasteiger partial charge in [-0.25, -0.2) is 0 Å². The number of rotatable bonds is 6. The maximum Gasteiger partial charge on any atom is 0.293 e. The Labute approximate surface area is 228 Å². The molecule has 0 aromatic heterocycles. The number of nitrogens with zero attached hydrogens (tertiary/aromatic N) is 1. The number of halogens is 5. The van der Waals surface area contributed by atoms with Crippen LogP contribution in [0.2, 0.25) is 20.1 Å². The largest absolute Gasteiger partial charge is 0.486 e. The van der Waals surface area contributed by atoms with Crippen LogP contribution in [0.3, 0.4) is 0 Å². The number of amides is 2. The Hall–Kier alpha value is -1.67. The highest BCUT2D eigenvalue weighted by molar-refractivity contribution is 9.10. The summed E-state index contributed by atoms with van der Waals surface area (Å²) < 4.78 is 6.46. The van der Waals surface area contributed by atoms with Crippen molar-refractivity contribution in [1.82, 2.24) is 4.90 Å². The Morgan fingerprint density at radius 3 is 2.38 bits per heavy atom. The molecule has 4 rings (SSSR count). The molecule has 1 aliphatic rings. The molecule has 0 radical (unpaired) electrons. The van der Waals surface area contributed by atoms with Gasteiger partial charge in [0.1, 0.15) is 6.61 Å². The van der Waals surface area contributed by atoms with Crippen molar-refractivity contribution in [2.24, 2.45) is 0 Å². The van der Waals surface area contributed by atoms with Gasteiger partial charge in [0.25, 0.3) is 11.1 Å². The van der Waals surface area contributed by atoms with Gasteiger partial charge in [0.2, 0.25) is 0 Å². The highest BCUT2D eigenvalue weighted by atomic mass is 79.9. The Kier molecular flexibility index (Phi) is 8.18. The molecule has 0 aliphatic carbocycles. The first kappa shape index (κ1) is 25.4. The van der Waals surface area contributed by atoms with Crippen molar-refractivity contribution in [2.75, 3.05) is 0 Å². The van der Waals surface area contributed by atoms with Gasteiger partial charge in [0.15, 0.2) is 5.75 Å². The van der Waals surface area contributed by atoms with Crippen LogP contribution in [0, 0.1) is 0 Å². The maximum absolute atomic E-state index is 12.9. The highest BCUT2D eigenvalue weighted by Crippen LogP contribution is 2.39. The fourth-order valence-corrected chi connectivity index (χ4v) is 5.66. The average Bonchev–Trinajstić information content (AvgIpc) is 3.03. The summed E-state index contributed by atoms with van der Waals surface area (Å²) >= 11 is 29.1. The van der Waals surface area contributed by atoms with Gasteiger partial charge in [-0.1, -0.05) is 70.7 Å². The standard InChI is InChI=1S/C24H14BrCl4NO3S/c25-17-7-13(8-20(29)22(17)33-12-15-3-1-2-4-18(15)27)9-21-23(31)30(24(32)34-21)11-14-5-6-16(26)10-19(14)28/h1-10H,11-12H2/b21-9-. The van der Waals surface area contributed by atoms with Gasteiger partial charge in [-0.2, -0.15) is 0 Å². The van der Waals surface area contributed by atoms with E-state index in [2.05, 4.69) is 15.9 Å². The van der Waals surface area contributed by atoms with Crippen molar-refractivity contribution in [3.8, 4) is 5.75 Å². The van der Waals surface area contributed by atoms with Gasteiger partial charge >= 0.3 is 0 Å². The van der Waals surface area contributed by atoms with Crippen LogP contribution >= 0.6 is 74.1 Å². The van der Waals surface area contributed by atoms with E-state index >= 15 is 0 Å². The summed E-state index contributed by atoms with van der Waals surface area (Å²) in [7, 11) is 0. The van der Waals surface area contributed by atoms with E-state index in [4.69, 9.17) is 51.1 Å². The topological polar surface area (TPSA) is 46.6 Å². The second-order valence-corrected chi connectivity index (χ2v) is 10.7. The second kappa shape index (κ2) is 10.9. The molecule has 3 aromatic rings. The van der Waals surface area contributed by atoms with Crippen molar-refractivity contribution in [1.29, 1.82) is 0 Å². The van der Waals surface area contributed by atoms with E-state index in [1.807, 2.05) is 18.2 Å². The zero-order chi connectivity index (χ0) is 24.4.